The van der Waals surface area contributed by atoms with Crippen LogP contribution in [0.5, 0.6) is 0 Å². The quantitative estimate of drug-likeness (QED) is 0.834. The summed E-state index contributed by atoms with van der Waals surface area (Å²) < 4.78 is 43.5. The van der Waals surface area contributed by atoms with Crippen LogP contribution in [0.4, 0.5) is 0 Å². The molecule has 0 amide bonds. The summed E-state index contributed by atoms with van der Waals surface area (Å²) >= 11 is 0. The molecule has 19 heavy (non-hydrogen) atoms. The molecule has 1 aromatic carbocycles. The molecule has 1 heterocycles. The van der Waals surface area contributed by atoms with Gasteiger partial charge in [-0.05, 0) is 18.6 Å². The summed E-state index contributed by atoms with van der Waals surface area (Å²) in [6.07, 6.45) is 1.77. The van der Waals surface area contributed by atoms with Crippen molar-refractivity contribution in [2.75, 3.05) is 12.0 Å². The maximum Gasteiger partial charge on any atom is 0.264 e. The van der Waals surface area contributed by atoms with Gasteiger partial charge in [-0.1, -0.05) is 12.1 Å². The minimum absolute atomic E-state index is 0.239. The number of hydrogen-bond donors (Lipinski definition) is 1. The van der Waals surface area contributed by atoms with E-state index in [1.54, 1.807) is 4.57 Å². The first kappa shape index (κ1) is 14.2. The van der Waals surface area contributed by atoms with Crippen LogP contribution in [0.25, 0.3) is 11.0 Å². The monoisotopic (exact) mass is 302 g/mol. The number of nitrogens with zero attached hydrogens (tertiary/aromatic N) is 2. The van der Waals surface area contributed by atoms with Gasteiger partial charge in [0.15, 0.2) is 5.16 Å². The van der Waals surface area contributed by atoms with Crippen molar-refractivity contribution in [2.45, 2.75) is 18.1 Å². The third-order valence-corrected chi connectivity index (χ3v) is 4.29. The number of benzene rings is 1. The van der Waals surface area contributed by atoms with Crippen molar-refractivity contribution in [3.05, 3.63) is 24.3 Å². The van der Waals surface area contributed by atoms with Gasteiger partial charge in [0.05, 0.1) is 27.6 Å². The molecule has 0 aliphatic heterocycles. The molecule has 0 bridgehead atoms. The van der Waals surface area contributed by atoms with Gasteiger partial charge in [0.2, 0.25) is 0 Å². The summed E-state index contributed by atoms with van der Waals surface area (Å²) in [5, 5.41) is 0.413. The van der Waals surface area contributed by atoms with E-state index < -0.39 is 20.9 Å². The lowest BCUT2D eigenvalue weighted by atomic mass is 10.3. The van der Waals surface area contributed by atoms with E-state index >= 15 is 0 Å². The van der Waals surface area contributed by atoms with Crippen molar-refractivity contribution in [2.24, 2.45) is 0 Å². The van der Waals surface area contributed by atoms with Crippen molar-refractivity contribution >= 4 is 32.0 Å². The smallest absolute Gasteiger partial charge is 0.264 e. The molecule has 8 heteroatoms. The van der Waals surface area contributed by atoms with E-state index in [9.17, 15) is 12.6 Å². The standard InChI is InChI=1S/C11H14N2O4S2/c1-18(14)11-12-9-5-2-3-6-10(9)13(11)7-4-8-19(15,16)17/h2-3,5-6H,4,7-8H2,1H3,(H,15,16,17). The number of rotatable bonds is 5. The number of hydrogen-bond acceptors (Lipinski definition) is 4. The van der Waals surface area contributed by atoms with Gasteiger partial charge in [0.25, 0.3) is 10.1 Å². The first-order valence-corrected chi connectivity index (χ1v) is 8.79. The van der Waals surface area contributed by atoms with Gasteiger partial charge in [-0.3, -0.25) is 8.76 Å². The molecule has 6 nitrogen and oxygen atoms in total. The summed E-state index contributed by atoms with van der Waals surface area (Å²) in [6.45, 7) is 0.342. The van der Waals surface area contributed by atoms with Gasteiger partial charge in [0.1, 0.15) is 0 Å². The third kappa shape index (κ3) is 3.40. The molecular formula is C11H14N2O4S2. The van der Waals surface area contributed by atoms with E-state index in [4.69, 9.17) is 4.55 Å². The van der Waals surface area contributed by atoms with E-state index in [1.807, 2.05) is 24.3 Å². The van der Waals surface area contributed by atoms with Crippen LogP contribution in [0, 0.1) is 0 Å². The zero-order valence-corrected chi connectivity index (χ0v) is 11.9. The molecule has 0 spiro atoms. The highest BCUT2D eigenvalue weighted by atomic mass is 32.2. The fraction of sp³-hybridized carbons (Fsp3) is 0.364. The van der Waals surface area contributed by atoms with E-state index in [1.165, 1.54) is 6.26 Å². The first-order chi connectivity index (χ1) is 8.88. The van der Waals surface area contributed by atoms with E-state index in [0.717, 1.165) is 11.0 Å². The second-order valence-electron chi connectivity index (χ2n) is 4.13. The van der Waals surface area contributed by atoms with Gasteiger partial charge < -0.3 is 4.57 Å². The Hall–Kier alpha value is -1.25. The van der Waals surface area contributed by atoms with Gasteiger partial charge in [-0.25, -0.2) is 4.98 Å². The Balaban J connectivity index is 2.34. The highest BCUT2D eigenvalue weighted by Gasteiger charge is 2.14. The molecular weight excluding hydrogens is 288 g/mol. The Morgan fingerprint density at radius 3 is 2.68 bits per heavy atom. The predicted molar refractivity (Wildman–Crippen MR) is 73.1 cm³/mol. The minimum Gasteiger partial charge on any atom is -0.317 e. The topological polar surface area (TPSA) is 89.3 Å². The van der Waals surface area contributed by atoms with Crippen molar-refractivity contribution in [3.63, 3.8) is 0 Å². The molecule has 0 saturated heterocycles. The predicted octanol–water partition coefficient (Wildman–Crippen LogP) is 1.05. The zero-order valence-electron chi connectivity index (χ0n) is 10.3. The Morgan fingerprint density at radius 2 is 2.05 bits per heavy atom. The highest BCUT2D eigenvalue weighted by molar-refractivity contribution is 7.85. The molecule has 104 valence electrons. The second-order valence-corrected chi connectivity index (χ2v) is 6.97. The molecule has 2 aromatic rings. The summed E-state index contributed by atoms with van der Waals surface area (Å²) in [6, 6.07) is 7.32. The van der Waals surface area contributed by atoms with Crippen LogP contribution in [0.2, 0.25) is 0 Å². The number of aromatic nitrogens is 2. The fourth-order valence-corrected chi connectivity index (χ4v) is 3.11. The zero-order chi connectivity index (χ0) is 14.0. The van der Waals surface area contributed by atoms with Gasteiger partial charge in [0, 0.05) is 12.8 Å². The maximum atomic E-state index is 11.7. The van der Waals surface area contributed by atoms with E-state index in [2.05, 4.69) is 4.98 Å². The number of fused-ring (bicyclic) bond motifs is 1. The molecule has 0 saturated carbocycles. The van der Waals surface area contributed by atoms with Gasteiger partial charge in [-0.2, -0.15) is 8.42 Å². The van der Waals surface area contributed by atoms with Crippen LogP contribution in [-0.4, -0.2) is 38.7 Å². The van der Waals surface area contributed by atoms with Crippen molar-refractivity contribution in [3.8, 4) is 0 Å². The molecule has 2 rings (SSSR count). The molecule has 0 radical (unpaired) electrons. The van der Waals surface area contributed by atoms with Crippen molar-refractivity contribution < 1.29 is 17.2 Å². The molecule has 1 atom stereocenters. The number of aryl methyl sites for hydroxylation is 1. The third-order valence-electron chi connectivity index (χ3n) is 2.66. The molecule has 1 N–H and O–H groups in total. The summed E-state index contributed by atoms with van der Waals surface area (Å²) in [4.78, 5) is 4.28. The van der Waals surface area contributed by atoms with Gasteiger partial charge in [-0.15, -0.1) is 0 Å². The largest absolute Gasteiger partial charge is 0.317 e. The molecule has 1 unspecified atom stereocenters. The molecule has 0 aliphatic carbocycles. The molecule has 1 aromatic heterocycles. The SMILES string of the molecule is CS(=O)c1nc2ccccc2n1CCCS(=O)(=O)O. The Kier molecular flexibility index (Phi) is 4.02. The Bertz CT molecular complexity index is 721. The maximum absolute atomic E-state index is 11.7. The lowest BCUT2D eigenvalue weighted by Crippen LogP contribution is -2.10. The number of imidazole rings is 1. The first-order valence-electron chi connectivity index (χ1n) is 5.62. The lowest BCUT2D eigenvalue weighted by Gasteiger charge is -2.06. The average Bonchev–Trinajstić information content (AvgIpc) is 2.67. The minimum atomic E-state index is -3.97. The summed E-state index contributed by atoms with van der Waals surface area (Å²) in [7, 11) is -5.23. The second kappa shape index (κ2) is 5.40. The van der Waals surface area contributed by atoms with Crippen molar-refractivity contribution in [1.82, 2.24) is 9.55 Å². The Morgan fingerprint density at radius 1 is 1.37 bits per heavy atom. The summed E-state index contributed by atoms with van der Waals surface area (Å²) in [5.41, 5.74) is 1.53. The van der Waals surface area contributed by atoms with Crippen LogP contribution in [0.1, 0.15) is 6.42 Å². The van der Waals surface area contributed by atoms with Crippen LogP contribution in [0.3, 0.4) is 0 Å². The van der Waals surface area contributed by atoms with Crippen molar-refractivity contribution in [1.29, 1.82) is 0 Å². The van der Waals surface area contributed by atoms with E-state index in [0.29, 0.717) is 11.7 Å². The normalized spacial score (nSPS) is 13.8. The van der Waals surface area contributed by atoms with Crippen LogP contribution < -0.4 is 0 Å². The van der Waals surface area contributed by atoms with Crippen LogP contribution >= 0.6 is 0 Å². The molecule has 0 aliphatic rings. The molecule has 0 fully saturated rings. The highest BCUT2D eigenvalue weighted by Crippen LogP contribution is 2.18. The van der Waals surface area contributed by atoms with Crippen LogP contribution in [0.15, 0.2) is 29.4 Å². The fourth-order valence-electron chi connectivity index (χ4n) is 1.89. The number of para-hydroxylation sites is 2. The van der Waals surface area contributed by atoms with Gasteiger partial charge >= 0.3 is 0 Å². The lowest BCUT2D eigenvalue weighted by molar-refractivity contribution is 0.477. The van der Waals surface area contributed by atoms with E-state index in [-0.39, 0.29) is 12.2 Å². The summed E-state index contributed by atoms with van der Waals surface area (Å²) in [5.74, 6) is -0.324. The Labute approximate surface area is 113 Å². The average molecular weight is 302 g/mol. The van der Waals surface area contributed by atoms with Crippen LogP contribution in [-0.2, 0) is 27.5 Å².